The summed E-state index contributed by atoms with van der Waals surface area (Å²) in [6.45, 7) is 26.7. The molecule has 3 nitrogen and oxygen atoms in total. The molecule has 0 radical (unpaired) electrons. The van der Waals surface area contributed by atoms with E-state index in [-0.39, 0.29) is 12.1 Å². The van der Waals surface area contributed by atoms with Crippen molar-refractivity contribution in [3.8, 4) is 0 Å². The highest BCUT2D eigenvalue weighted by atomic mass is 19.2. The van der Waals surface area contributed by atoms with Gasteiger partial charge in [0.15, 0.2) is 17.9 Å². The van der Waals surface area contributed by atoms with Gasteiger partial charge in [-0.3, -0.25) is 0 Å². The zero-order valence-corrected chi connectivity index (χ0v) is 33.9. The van der Waals surface area contributed by atoms with Crippen LogP contribution in [0.5, 0.6) is 0 Å². The van der Waals surface area contributed by atoms with E-state index in [4.69, 9.17) is 14.2 Å². The van der Waals surface area contributed by atoms with Gasteiger partial charge in [0.1, 0.15) is 5.82 Å². The topological polar surface area (TPSA) is 27.7 Å². The summed E-state index contributed by atoms with van der Waals surface area (Å²) >= 11 is 0. The molecular formula is C45H69F3O3. The van der Waals surface area contributed by atoms with Crippen molar-refractivity contribution in [2.24, 2.45) is 23.7 Å². The van der Waals surface area contributed by atoms with Gasteiger partial charge in [0.2, 0.25) is 0 Å². The molecule has 3 aromatic carbocycles. The summed E-state index contributed by atoms with van der Waals surface area (Å²) in [7, 11) is 0. The molecule has 1 saturated carbocycles. The summed E-state index contributed by atoms with van der Waals surface area (Å²) in [5.74, 6) is 1.82. The molecule has 1 aliphatic carbocycles. The van der Waals surface area contributed by atoms with Crippen LogP contribution in [0.1, 0.15) is 113 Å². The van der Waals surface area contributed by atoms with Crippen molar-refractivity contribution in [2.75, 3.05) is 19.8 Å². The first-order chi connectivity index (χ1) is 24.0. The molecule has 288 valence electrons. The fourth-order valence-corrected chi connectivity index (χ4v) is 5.21. The Kier molecular flexibility index (Phi) is 23.0. The first-order valence-corrected chi connectivity index (χ1v) is 19.0. The summed E-state index contributed by atoms with van der Waals surface area (Å²) in [6.07, 6.45) is 9.03. The fourth-order valence-electron chi connectivity index (χ4n) is 5.21. The van der Waals surface area contributed by atoms with E-state index in [1.165, 1.54) is 69.6 Å². The summed E-state index contributed by atoms with van der Waals surface area (Å²) in [4.78, 5) is 0. The molecule has 3 fully saturated rings. The molecule has 3 aromatic rings. The molecule has 3 aliphatic rings. The third-order valence-electron chi connectivity index (χ3n) is 9.28. The SMILES string of the molecule is CC1CCC(C)CC1.CC1CCC(C)OC1.CC1COC(C)OC1.Cc1ccc(C)c(F)c1.Cc1ccc(C)c(F)c1F.Cc1ccc(C)cc1. The highest BCUT2D eigenvalue weighted by Crippen LogP contribution is 2.27. The number of hydrogen-bond acceptors (Lipinski definition) is 3. The highest BCUT2D eigenvalue weighted by molar-refractivity contribution is 5.24. The minimum absolute atomic E-state index is 0.0196. The van der Waals surface area contributed by atoms with Crippen molar-refractivity contribution in [3.63, 3.8) is 0 Å². The largest absolute Gasteiger partial charge is 0.378 e. The lowest BCUT2D eigenvalue weighted by atomic mass is 9.84. The van der Waals surface area contributed by atoms with Crippen LogP contribution in [0.2, 0.25) is 0 Å². The molecule has 2 unspecified atom stereocenters. The Morgan fingerprint density at radius 2 is 0.804 bits per heavy atom. The monoisotopic (exact) mass is 715 g/mol. The van der Waals surface area contributed by atoms with Gasteiger partial charge in [-0.1, -0.05) is 113 Å². The minimum Gasteiger partial charge on any atom is -0.378 e. The van der Waals surface area contributed by atoms with Gasteiger partial charge in [0, 0.05) is 12.5 Å². The summed E-state index contributed by atoms with van der Waals surface area (Å²) < 4.78 is 53.5. The second-order valence-electron chi connectivity index (χ2n) is 15.3. The lowest BCUT2D eigenvalue weighted by Crippen LogP contribution is -2.27. The molecule has 0 aromatic heterocycles. The lowest BCUT2D eigenvalue weighted by molar-refractivity contribution is -0.187. The number of rotatable bonds is 0. The molecule has 2 atom stereocenters. The third kappa shape index (κ3) is 21.5. The zero-order valence-electron chi connectivity index (χ0n) is 33.9. The van der Waals surface area contributed by atoms with Crippen LogP contribution in [0.3, 0.4) is 0 Å². The van der Waals surface area contributed by atoms with Gasteiger partial charge in [0.25, 0.3) is 0 Å². The lowest BCUT2D eigenvalue weighted by Gasteiger charge is -2.24. The van der Waals surface area contributed by atoms with Crippen LogP contribution in [-0.2, 0) is 14.2 Å². The van der Waals surface area contributed by atoms with Gasteiger partial charge in [-0.15, -0.1) is 0 Å². The van der Waals surface area contributed by atoms with Crippen molar-refractivity contribution in [1.29, 1.82) is 0 Å². The van der Waals surface area contributed by atoms with Crippen LogP contribution >= 0.6 is 0 Å². The van der Waals surface area contributed by atoms with Crippen molar-refractivity contribution in [2.45, 2.75) is 134 Å². The number of benzene rings is 3. The van der Waals surface area contributed by atoms with E-state index in [9.17, 15) is 13.2 Å². The third-order valence-corrected chi connectivity index (χ3v) is 9.28. The average molecular weight is 715 g/mol. The van der Waals surface area contributed by atoms with E-state index in [1.807, 2.05) is 19.9 Å². The first-order valence-electron chi connectivity index (χ1n) is 19.0. The maximum atomic E-state index is 12.6. The van der Waals surface area contributed by atoms with Crippen molar-refractivity contribution in [1.82, 2.24) is 0 Å². The molecule has 2 aliphatic heterocycles. The van der Waals surface area contributed by atoms with Crippen LogP contribution in [0.25, 0.3) is 0 Å². The Hall–Kier alpha value is -2.67. The maximum absolute atomic E-state index is 12.6. The van der Waals surface area contributed by atoms with Crippen LogP contribution < -0.4 is 0 Å². The molecule has 0 bridgehead atoms. The number of aryl methyl sites for hydroxylation is 6. The van der Waals surface area contributed by atoms with Crippen LogP contribution in [-0.4, -0.2) is 32.2 Å². The molecular weight excluding hydrogens is 645 g/mol. The Morgan fingerprint density at radius 1 is 0.431 bits per heavy atom. The average Bonchev–Trinajstić information content (AvgIpc) is 3.10. The van der Waals surface area contributed by atoms with Crippen molar-refractivity contribution in [3.05, 3.63) is 105 Å². The number of ether oxygens (including phenoxy) is 3. The quantitative estimate of drug-likeness (QED) is 0.232. The molecule has 2 saturated heterocycles. The molecule has 2 heterocycles. The summed E-state index contributed by atoms with van der Waals surface area (Å²) in [5, 5.41) is 0. The van der Waals surface area contributed by atoms with Gasteiger partial charge in [-0.05, 0) is 114 Å². The van der Waals surface area contributed by atoms with Gasteiger partial charge >= 0.3 is 0 Å². The van der Waals surface area contributed by atoms with Crippen LogP contribution in [0.4, 0.5) is 13.2 Å². The van der Waals surface area contributed by atoms with Crippen molar-refractivity contribution >= 4 is 0 Å². The van der Waals surface area contributed by atoms with E-state index < -0.39 is 11.6 Å². The summed E-state index contributed by atoms with van der Waals surface area (Å²) in [5.41, 5.74) is 5.04. The molecule has 51 heavy (non-hydrogen) atoms. The predicted molar refractivity (Wildman–Crippen MR) is 209 cm³/mol. The van der Waals surface area contributed by atoms with Crippen molar-refractivity contribution < 1.29 is 27.4 Å². The van der Waals surface area contributed by atoms with Gasteiger partial charge in [-0.2, -0.15) is 0 Å². The molecule has 0 spiro atoms. The smallest absolute Gasteiger partial charge is 0.161 e. The standard InChI is InChI=1S/C8H8F2.C8H9F.C8H16.C8H10.C7H14O.C6H12O2/c1-5-3-4-6(2)8(10)7(5)9;1-6-3-4-7(2)8(9)5-6;2*1-7-3-5-8(2)6-4-7;1-6-3-4-7(2)8-5-6;1-5-3-7-6(2)8-4-5/h3-4H,1-2H3;3-5H,1-2H3;7-8H,3-6H2,1-2H3;3-6H,1-2H3;6-7H,3-5H2,1-2H3;5-6H,3-4H2,1-2H3. The predicted octanol–water partition coefficient (Wildman–Crippen LogP) is 13.0. The van der Waals surface area contributed by atoms with E-state index in [1.54, 1.807) is 25.1 Å². The number of halogens is 3. The van der Waals surface area contributed by atoms with Crippen LogP contribution in [0, 0.1) is 82.7 Å². The Labute approximate surface area is 309 Å². The minimum atomic E-state index is -0.736. The zero-order chi connectivity index (χ0) is 38.5. The van der Waals surface area contributed by atoms with E-state index in [2.05, 4.69) is 72.7 Å². The Bertz CT molecular complexity index is 1210. The van der Waals surface area contributed by atoms with Gasteiger partial charge in [0.05, 0.1) is 19.3 Å². The summed E-state index contributed by atoms with van der Waals surface area (Å²) in [6, 6.07) is 16.8. The van der Waals surface area contributed by atoms with Crippen LogP contribution in [0.15, 0.2) is 54.6 Å². The second kappa shape index (κ2) is 25.3. The maximum Gasteiger partial charge on any atom is 0.161 e. The molecule has 0 amide bonds. The Balaban J connectivity index is 0.000000307. The van der Waals surface area contributed by atoms with Gasteiger partial charge in [-0.25, -0.2) is 13.2 Å². The Morgan fingerprint density at radius 3 is 1.14 bits per heavy atom. The van der Waals surface area contributed by atoms with E-state index >= 15 is 0 Å². The molecule has 6 rings (SSSR count). The molecule has 0 N–H and O–H groups in total. The van der Waals surface area contributed by atoms with E-state index in [0.717, 1.165) is 43.1 Å². The second-order valence-corrected chi connectivity index (χ2v) is 15.3. The molecule has 6 heteroatoms. The van der Waals surface area contributed by atoms with E-state index in [0.29, 0.717) is 28.7 Å². The van der Waals surface area contributed by atoms with Gasteiger partial charge < -0.3 is 14.2 Å². The first kappa shape index (κ1) is 46.4. The highest BCUT2D eigenvalue weighted by Gasteiger charge is 2.15. The fraction of sp³-hybridized carbons (Fsp3) is 0.600. The normalized spacial score (nSPS) is 23.8. The number of hydrogen-bond donors (Lipinski definition) is 0.